The van der Waals surface area contributed by atoms with Crippen LogP contribution in [0.5, 0.6) is 11.5 Å². The number of rotatable bonds is 7. The highest BCUT2D eigenvalue weighted by Gasteiger charge is 2.20. The predicted octanol–water partition coefficient (Wildman–Crippen LogP) is 4.26. The quantitative estimate of drug-likeness (QED) is 0.583. The van der Waals surface area contributed by atoms with Crippen LogP contribution >= 0.6 is 11.3 Å². The molecule has 0 radical (unpaired) electrons. The van der Waals surface area contributed by atoms with E-state index in [1.165, 1.54) is 23.5 Å². The molecule has 0 bridgehead atoms. The number of carbonyl (C=O) groups excluding carboxylic acids is 1. The van der Waals surface area contributed by atoms with Crippen molar-refractivity contribution in [2.75, 3.05) is 19.5 Å². The van der Waals surface area contributed by atoms with E-state index in [4.69, 9.17) is 9.47 Å². The Morgan fingerprint density at radius 3 is 2.47 bits per heavy atom. The lowest BCUT2D eigenvalue weighted by atomic mass is 10.1. The van der Waals surface area contributed by atoms with Crippen LogP contribution in [0.15, 0.2) is 52.7 Å². The second-order valence-electron chi connectivity index (χ2n) is 6.68. The summed E-state index contributed by atoms with van der Waals surface area (Å²) in [6.45, 7) is 3.21. The SMILES string of the molecule is COc1ccc(-c2csc(NC(=O)c3cccc(S(=O)(=O)C(C)C)c3)n2)cc1OC. The number of sulfone groups is 1. The summed E-state index contributed by atoms with van der Waals surface area (Å²) in [5, 5.41) is 4.38. The highest BCUT2D eigenvalue weighted by atomic mass is 32.2. The molecule has 1 N–H and O–H groups in total. The van der Waals surface area contributed by atoms with Crippen LogP contribution in [0, 0.1) is 0 Å². The van der Waals surface area contributed by atoms with Crippen LogP contribution < -0.4 is 14.8 Å². The number of nitrogens with zero attached hydrogens (tertiary/aromatic N) is 1. The molecule has 7 nitrogen and oxygen atoms in total. The standard InChI is InChI=1S/C21H22N2O5S2/c1-13(2)30(25,26)16-7-5-6-15(10-16)20(24)23-21-22-17(12-29-21)14-8-9-18(27-3)19(11-14)28-4/h5-13H,1-4H3,(H,22,23,24). The lowest BCUT2D eigenvalue weighted by molar-refractivity contribution is 0.102. The highest BCUT2D eigenvalue weighted by Crippen LogP contribution is 2.33. The maximum atomic E-state index is 12.6. The van der Waals surface area contributed by atoms with Crippen molar-refractivity contribution in [3.8, 4) is 22.8 Å². The molecule has 0 aliphatic rings. The van der Waals surface area contributed by atoms with Crippen molar-refractivity contribution in [1.82, 2.24) is 4.98 Å². The first-order chi connectivity index (χ1) is 14.3. The summed E-state index contributed by atoms with van der Waals surface area (Å²) < 4.78 is 35.3. The third-order valence-electron chi connectivity index (χ3n) is 4.45. The van der Waals surface area contributed by atoms with E-state index in [0.29, 0.717) is 22.3 Å². The minimum absolute atomic E-state index is 0.121. The Balaban J connectivity index is 1.81. The van der Waals surface area contributed by atoms with Crippen LogP contribution in [-0.2, 0) is 9.84 Å². The largest absolute Gasteiger partial charge is 0.493 e. The zero-order valence-corrected chi connectivity index (χ0v) is 18.6. The van der Waals surface area contributed by atoms with Gasteiger partial charge in [0.15, 0.2) is 26.5 Å². The highest BCUT2D eigenvalue weighted by molar-refractivity contribution is 7.92. The van der Waals surface area contributed by atoms with Crippen LogP contribution in [0.1, 0.15) is 24.2 Å². The molecule has 30 heavy (non-hydrogen) atoms. The summed E-state index contributed by atoms with van der Waals surface area (Å²) in [6.07, 6.45) is 0. The lowest BCUT2D eigenvalue weighted by Crippen LogP contribution is -2.16. The van der Waals surface area contributed by atoms with Crippen LogP contribution in [0.3, 0.4) is 0 Å². The molecule has 2 aromatic carbocycles. The number of benzene rings is 2. The van der Waals surface area contributed by atoms with Crippen molar-refractivity contribution < 1.29 is 22.7 Å². The number of ether oxygens (including phenoxy) is 2. The number of amides is 1. The first kappa shape index (κ1) is 21.8. The van der Waals surface area contributed by atoms with E-state index in [9.17, 15) is 13.2 Å². The molecule has 1 amide bonds. The number of anilines is 1. The molecule has 1 heterocycles. The van der Waals surface area contributed by atoms with Gasteiger partial charge in [-0.2, -0.15) is 0 Å². The minimum atomic E-state index is -3.47. The van der Waals surface area contributed by atoms with Gasteiger partial charge in [0.25, 0.3) is 5.91 Å². The number of hydrogen-bond donors (Lipinski definition) is 1. The van der Waals surface area contributed by atoms with Gasteiger partial charge in [-0.05, 0) is 50.2 Å². The molecule has 0 atom stereocenters. The summed E-state index contributed by atoms with van der Waals surface area (Å²) >= 11 is 1.27. The number of carbonyl (C=O) groups is 1. The van der Waals surface area contributed by atoms with E-state index in [0.717, 1.165) is 5.56 Å². The first-order valence-electron chi connectivity index (χ1n) is 9.09. The summed E-state index contributed by atoms with van der Waals surface area (Å²) in [5.74, 6) is 0.766. The normalized spacial score (nSPS) is 11.4. The Morgan fingerprint density at radius 1 is 1.07 bits per heavy atom. The molecule has 1 aromatic heterocycles. The zero-order chi connectivity index (χ0) is 21.9. The topological polar surface area (TPSA) is 94.6 Å². The molecule has 3 rings (SSSR count). The van der Waals surface area contributed by atoms with Crippen molar-refractivity contribution >= 4 is 32.2 Å². The molecule has 158 valence electrons. The van der Waals surface area contributed by atoms with E-state index < -0.39 is 21.0 Å². The molecular weight excluding hydrogens is 424 g/mol. The fraction of sp³-hybridized carbons (Fsp3) is 0.238. The van der Waals surface area contributed by atoms with E-state index >= 15 is 0 Å². The van der Waals surface area contributed by atoms with Crippen LogP contribution in [-0.4, -0.2) is 38.8 Å². The second-order valence-corrected chi connectivity index (χ2v) is 10.0. The van der Waals surface area contributed by atoms with Crippen molar-refractivity contribution in [2.24, 2.45) is 0 Å². The van der Waals surface area contributed by atoms with E-state index in [-0.39, 0.29) is 10.5 Å². The summed E-state index contributed by atoms with van der Waals surface area (Å²) in [6, 6.07) is 11.4. The van der Waals surface area contributed by atoms with Crippen molar-refractivity contribution in [3.63, 3.8) is 0 Å². The molecule has 3 aromatic rings. The van der Waals surface area contributed by atoms with Gasteiger partial charge in [-0.25, -0.2) is 13.4 Å². The number of methoxy groups -OCH3 is 2. The monoisotopic (exact) mass is 446 g/mol. The van der Waals surface area contributed by atoms with Crippen LogP contribution in [0.2, 0.25) is 0 Å². The summed E-state index contributed by atoms with van der Waals surface area (Å²) in [4.78, 5) is 17.2. The molecule has 0 saturated heterocycles. The third kappa shape index (κ3) is 4.47. The fourth-order valence-electron chi connectivity index (χ4n) is 2.72. The van der Waals surface area contributed by atoms with E-state index in [1.807, 2.05) is 11.4 Å². The van der Waals surface area contributed by atoms with Gasteiger partial charge in [0, 0.05) is 16.5 Å². The van der Waals surface area contributed by atoms with Crippen LogP contribution in [0.25, 0.3) is 11.3 Å². The second kappa shape index (κ2) is 8.85. The Labute approximate surface area is 179 Å². The lowest BCUT2D eigenvalue weighted by Gasteiger charge is -2.09. The number of hydrogen-bond acceptors (Lipinski definition) is 7. The van der Waals surface area contributed by atoms with Gasteiger partial charge >= 0.3 is 0 Å². The van der Waals surface area contributed by atoms with Crippen LogP contribution in [0.4, 0.5) is 5.13 Å². The average molecular weight is 447 g/mol. The van der Waals surface area contributed by atoms with Gasteiger partial charge in [-0.3, -0.25) is 10.1 Å². The smallest absolute Gasteiger partial charge is 0.257 e. The van der Waals surface area contributed by atoms with E-state index in [2.05, 4.69) is 10.3 Å². The first-order valence-corrected chi connectivity index (χ1v) is 11.5. The third-order valence-corrected chi connectivity index (χ3v) is 7.36. The Hall–Kier alpha value is -2.91. The van der Waals surface area contributed by atoms with Crippen molar-refractivity contribution in [1.29, 1.82) is 0 Å². The molecule has 0 saturated carbocycles. The average Bonchev–Trinajstić information content (AvgIpc) is 3.21. The Bertz CT molecular complexity index is 1170. The molecule has 9 heteroatoms. The predicted molar refractivity (Wildman–Crippen MR) is 117 cm³/mol. The van der Waals surface area contributed by atoms with Gasteiger partial charge in [-0.15, -0.1) is 11.3 Å². The van der Waals surface area contributed by atoms with E-state index in [1.54, 1.807) is 52.3 Å². The minimum Gasteiger partial charge on any atom is -0.493 e. The van der Waals surface area contributed by atoms with Crippen molar-refractivity contribution in [3.05, 3.63) is 53.4 Å². The number of nitrogens with one attached hydrogen (secondary N) is 1. The molecule has 0 fully saturated rings. The number of aromatic nitrogens is 1. The maximum absolute atomic E-state index is 12.6. The molecule has 0 unspecified atom stereocenters. The Kier molecular flexibility index (Phi) is 6.42. The Morgan fingerprint density at radius 2 is 1.80 bits per heavy atom. The van der Waals surface area contributed by atoms with Crippen molar-refractivity contribution in [2.45, 2.75) is 24.0 Å². The van der Waals surface area contributed by atoms with Gasteiger partial charge in [-0.1, -0.05) is 6.07 Å². The van der Waals surface area contributed by atoms with Gasteiger partial charge < -0.3 is 9.47 Å². The van der Waals surface area contributed by atoms with Gasteiger partial charge in [0.1, 0.15) is 0 Å². The fourth-order valence-corrected chi connectivity index (χ4v) is 4.53. The van der Waals surface area contributed by atoms with Gasteiger partial charge in [0.05, 0.1) is 30.1 Å². The molecular formula is C21H22N2O5S2. The summed E-state index contributed by atoms with van der Waals surface area (Å²) in [7, 11) is -0.343. The zero-order valence-electron chi connectivity index (χ0n) is 17.0. The van der Waals surface area contributed by atoms with Gasteiger partial charge in [0.2, 0.25) is 0 Å². The summed E-state index contributed by atoms with van der Waals surface area (Å²) in [5.41, 5.74) is 1.74. The molecule has 0 aliphatic heterocycles. The maximum Gasteiger partial charge on any atom is 0.257 e. The molecule has 0 spiro atoms. The number of thiazole rings is 1. The molecule has 0 aliphatic carbocycles.